The molecule has 4 fully saturated rings. The standard InChI is InChI=1S/C25H33ClN2O3S.C25H31ClN2O3S/c2*1-32(30,31)28(23-8-3-2-4-9-23)18-20-7-5-16-27(17-20)19-24(29)25(14-6-15-25)21-10-12-22(26)13-11-21/h2-4,8-13,20,24,29H,5-7,14-19H2,1H3;2-4,8-13,20H,5-7,14-19H2,1H3. The van der Waals surface area contributed by atoms with Crippen molar-refractivity contribution >= 4 is 60.4 Å². The maximum absolute atomic E-state index is 13.4. The molecule has 2 saturated carbocycles. The Morgan fingerprint density at radius 1 is 0.641 bits per heavy atom. The zero-order valence-electron chi connectivity index (χ0n) is 37.2. The summed E-state index contributed by atoms with van der Waals surface area (Å²) in [6.45, 7) is 5.30. The molecule has 0 amide bonds. The number of anilines is 2. The van der Waals surface area contributed by atoms with E-state index in [-0.39, 0.29) is 28.4 Å². The van der Waals surface area contributed by atoms with E-state index in [0.717, 1.165) is 96.0 Å². The van der Waals surface area contributed by atoms with E-state index in [1.165, 1.54) is 26.7 Å². The Balaban J connectivity index is 0.000000191. The summed E-state index contributed by atoms with van der Waals surface area (Å²) in [7, 11) is -6.74. The molecule has 1 N–H and O–H groups in total. The maximum Gasteiger partial charge on any atom is 0.232 e. The summed E-state index contributed by atoms with van der Waals surface area (Å²) in [5, 5.41) is 12.7. The Kier molecular flexibility index (Phi) is 15.9. The summed E-state index contributed by atoms with van der Waals surface area (Å²) >= 11 is 12.1. The molecule has 0 aromatic heterocycles. The number of sulfonamides is 2. The number of hydrogen-bond acceptors (Lipinski definition) is 8. The van der Waals surface area contributed by atoms with Gasteiger partial charge in [0.25, 0.3) is 0 Å². The number of ketones is 1. The third-order valence-corrected chi connectivity index (χ3v) is 17.0. The van der Waals surface area contributed by atoms with Gasteiger partial charge in [-0.2, -0.15) is 0 Å². The first-order valence-corrected chi connectivity index (χ1v) is 27.2. The summed E-state index contributed by atoms with van der Waals surface area (Å²) in [4.78, 5) is 18.0. The molecule has 3 unspecified atom stereocenters. The first-order chi connectivity index (χ1) is 30.6. The van der Waals surface area contributed by atoms with Gasteiger partial charge in [-0.3, -0.25) is 18.3 Å². The van der Waals surface area contributed by atoms with Gasteiger partial charge in [-0.25, -0.2) is 16.8 Å². The second-order valence-corrected chi connectivity index (χ2v) is 23.4. The molecular weight excluding hydrogens is 888 g/mol. The van der Waals surface area contributed by atoms with Crippen LogP contribution in [-0.4, -0.2) is 108 Å². The van der Waals surface area contributed by atoms with Gasteiger partial charge in [0, 0.05) is 48.2 Å². The third-order valence-electron chi connectivity index (χ3n) is 14.2. The topological polar surface area (TPSA) is 119 Å². The van der Waals surface area contributed by atoms with Gasteiger partial charge in [-0.15, -0.1) is 0 Å². The van der Waals surface area contributed by atoms with Crippen molar-refractivity contribution in [3.8, 4) is 0 Å². The summed E-state index contributed by atoms with van der Waals surface area (Å²) in [6, 6.07) is 34.2. The summed E-state index contributed by atoms with van der Waals surface area (Å²) < 4.78 is 52.9. The Labute approximate surface area is 391 Å². The molecule has 2 aliphatic carbocycles. The van der Waals surface area contributed by atoms with Gasteiger partial charge in [0.05, 0.1) is 42.0 Å². The minimum atomic E-state index is -3.38. The molecule has 8 rings (SSSR count). The number of para-hydroxylation sites is 2. The van der Waals surface area contributed by atoms with Crippen molar-refractivity contribution in [2.24, 2.45) is 11.8 Å². The molecule has 4 aromatic carbocycles. The van der Waals surface area contributed by atoms with Crippen molar-refractivity contribution in [3.63, 3.8) is 0 Å². The maximum atomic E-state index is 13.4. The Hall–Kier alpha value is -3.49. The van der Waals surface area contributed by atoms with E-state index in [4.69, 9.17) is 23.2 Å². The molecule has 0 bridgehead atoms. The monoisotopic (exact) mass is 950 g/mol. The number of aliphatic hydroxyl groups is 1. The molecule has 2 aliphatic heterocycles. The van der Waals surface area contributed by atoms with Gasteiger partial charge < -0.3 is 10.0 Å². The highest BCUT2D eigenvalue weighted by Crippen LogP contribution is 2.47. The van der Waals surface area contributed by atoms with E-state index in [0.29, 0.717) is 47.6 Å². The van der Waals surface area contributed by atoms with Crippen molar-refractivity contribution in [2.45, 2.75) is 81.1 Å². The molecule has 0 spiro atoms. The number of carbonyl (C=O) groups is 1. The normalized spacial score (nSPS) is 21.6. The minimum Gasteiger partial charge on any atom is -0.391 e. The lowest BCUT2D eigenvalue weighted by Gasteiger charge is -2.48. The van der Waals surface area contributed by atoms with Crippen molar-refractivity contribution in [2.75, 3.05) is 73.5 Å². The number of Topliss-reactive ketones (excluding diaryl/α,β-unsaturated/α-hetero) is 1. The van der Waals surface area contributed by atoms with Crippen LogP contribution in [0.1, 0.15) is 75.3 Å². The molecule has 2 saturated heterocycles. The van der Waals surface area contributed by atoms with Crippen molar-refractivity contribution in [3.05, 3.63) is 130 Å². The fourth-order valence-corrected chi connectivity index (χ4v) is 12.6. The molecule has 2 heterocycles. The lowest BCUT2D eigenvalue weighted by molar-refractivity contribution is -0.129. The quantitative estimate of drug-likeness (QED) is 0.119. The number of β-amino-alcohol motifs (C(OH)–C–C–N with tert-alkyl or cyclic N) is 1. The molecule has 346 valence electrons. The molecule has 4 aromatic rings. The SMILES string of the molecule is CS(=O)(=O)N(CC1CCCN(CC(=O)C2(c3ccc(Cl)cc3)CCC2)C1)c1ccccc1.CS(=O)(=O)N(CC1CCCN(CC(O)C2(c3ccc(Cl)cc3)CCC2)C1)c1ccccc1. The Morgan fingerprint density at radius 2 is 1.08 bits per heavy atom. The lowest BCUT2D eigenvalue weighted by atomic mass is 9.61. The van der Waals surface area contributed by atoms with E-state index in [1.807, 2.05) is 109 Å². The number of nitrogens with zero attached hydrogens (tertiary/aromatic N) is 4. The van der Waals surface area contributed by atoms with Crippen LogP contribution in [0.2, 0.25) is 10.0 Å². The lowest BCUT2D eigenvalue weighted by Crippen LogP contribution is -2.53. The van der Waals surface area contributed by atoms with Crippen LogP contribution in [0.25, 0.3) is 0 Å². The van der Waals surface area contributed by atoms with Crippen LogP contribution >= 0.6 is 23.2 Å². The van der Waals surface area contributed by atoms with Crippen LogP contribution < -0.4 is 8.61 Å². The largest absolute Gasteiger partial charge is 0.391 e. The van der Waals surface area contributed by atoms with Crippen molar-refractivity contribution < 1.29 is 26.7 Å². The van der Waals surface area contributed by atoms with Crippen molar-refractivity contribution in [1.29, 1.82) is 0 Å². The van der Waals surface area contributed by atoms with Crippen molar-refractivity contribution in [1.82, 2.24) is 9.80 Å². The molecule has 14 heteroatoms. The van der Waals surface area contributed by atoms with E-state index in [9.17, 15) is 26.7 Å². The van der Waals surface area contributed by atoms with Gasteiger partial charge in [0.1, 0.15) is 0 Å². The summed E-state index contributed by atoms with van der Waals surface area (Å²) in [5.74, 6) is 0.702. The highest BCUT2D eigenvalue weighted by Gasteiger charge is 2.47. The highest BCUT2D eigenvalue weighted by molar-refractivity contribution is 7.92. The van der Waals surface area contributed by atoms with Crippen LogP contribution in [-0.2, 0) is 35.7 Å². The Morgan fingerprint density at radius 3 is 1.50 bits per heavy atom. The van der Waals surface area contributed by atoms with Gasteiger partial charge >= 0.3 is 0 Å². The first-order valence-electron chi connectivity index (χ1n) is 22.8. The van der Waals surface area contributed by atoms with Gasteiger partial charge in [-0.1, -0.05) is 96.7 Å². The fraction of sp³-hybridized carbons (Fsp3) is 0.500. The van der Waals surface area contributed by atoms with E-state index in [1.54, 1.807) is 0 Å². The average molecular weight is 952 g/mol. The molecule has 0 radical (unpaired) electrons. The number of hydrogen-bond donors (Lipinski definition) is 1. The number of likely N-dealkylation sites (tertiary alicyclic amines) is 2. The molecule has 10 nitrogen and oxygen atoms in total. The predicted molar refractivity (Wildman–Crippen MR) is 261 cm³/mol. The summed E-state index contributed by atoms with van der Waals surface area (Å²) in [5.41, 5.74) is 3.06. The third kappa shape index (κ3) is 11.7. The van der Waals surface area contributed by atoms with Crippen LogP contribution in [0.3, 0.4) is 0 Å². The number of piperidine rings is 2. The van der Waals surface area contributed by atoms with E-state index in [2.05, 4.69) is 9.80 Å². The smallest absolute Gasteiger partial charge is 0.232 e. The van der Waals surface area contributed by atoms with Crippen LogP contribution in [0.4, 0.5) is 11.4 Å². The average Bonchev–Trinajstić information content (AvgIpc) is 3.23. The van der Waals surface area contributed by atoms with E-state index < -0.39 is 26.2 Å². The van der Waals surface area contributed by atoms with Gasteiger partial charge in [0.15, 0.2) is 5.78 Å². The zero-order valence-corrected chi connectivity index (χ0v) is 40.3. The number of benzene rings is 4. The highest BCUT2D eigenvalue weighted by atomic mass is 35.5. The second-order valence-electron chi connectivity index (χ2n) is 18.7. The minimum absolute atomic E-state index is 0.194. The Bertz CT molecular complexity index is 2370. The second kappa shape index (κ2) is 21.0. The first kappa shape index (κ1) is 48.4. The van der Waals surface area contributed by atoms with Gasteiger partial charge in [0.2, 0.25) is 20.0 Å². The van der Waals surface area contributed by atoms with Crippen LogP contribution in [0, 0.1) is 11.8 Å². The molecule has 3 atom stereocenters. The molecular formula is C50H64Cl2N4O6S2. The number of carbonyl (C=O) groups excluding carboxylic acids is 1. The van der Waals surface area contributed by atoms with E-state index >= 15 is 0 Å². The number of halogens is 2. The molecule has 64 heavy (non-hydrogen) atoms. The zero-order chi connectivity index (χ0) is 45.5. The summed E-state index contributed by atoms with van der Waals surface area (Å²) in [6.07, 6.45) is 12.0. The van der Waals surface area contributed by atoms with Gasteiger partial charge in [-0.05, 0) is 136 Å². The number of rotatable bonds is 16. The number of aliphatic hydroxyl groups excluding tert-OH is 1. The molecule has 4 aliphatic rings. The fourth-order valence-electron chi connectivity index (χ4n) is 10.4. The van der Waals surface area contributed by atoms with Crippen LogP contribution in [0.15, 0.2) is 109 Å². The van der Waals surface area contributed by atoms with Crippen LogP contribution in [0.5, 0.6) is 0 Å². The predicted octanol–water partition coefficient (Wildman–Crippen LogP) is 8.81.